The summed E-state index contributed by atoms with van der Waals surface area (Å²) in [6, 6.07) is 0. The number of carbonyl (C=O) groups is 1. The third-order valence-electron chi connectivity index (χ3n) is 2.01. The van der Waals surface area contributed by atoms with E-state index in [-0.39, 0.29) is 11.9 Å². The van der Waals surface area contributed by atoms with Crippen LogP contribution < -0.4 is 0 Å². The largest absolute Gasteiger partial charge is 0.469 e. The lowest BCUT2D eigenvalue weighted by molar-refractivity contribution is -0.145. The zero-order valence-corrected chi connectivity index (χ0v) is 9.25. The van der Waals surface area contributed by atoms with Gasteiger partial charge >= 0.3 is 5.97 Å². The highest BCUT2D eigenvalue weighted by Gasteiger charge is 2.17. The zero-order valence-electron chi connectivity index (χ0n) is 9.25. The maximum Gasteiger partial charge on any atom is 0.309 e. The van der Waals surface area contributed by atoms with Gasteiger partial charge in [-0.25, -0.2) is 0 Å². The van der Waals surface area contributed by atoms with Crippen LogP contribution in [0.2, 0.25) is 0 Å². The Hall–Kier alpha value is -1.05. The molecule has 3 nitrogen and oxygen atoms in total. The van der Waals surface area contributed by atoms with Crippen molar-refractivity contribution in [3.63, 3.8) is 0 Å². The van der Waals surface area contributed by atoms with Crippen molar-refractivity contribution < 1.29 is 9.53 Å². The zero-order chi connectivity index (χ0) is 11.0. The van der Waals surface area contributed by atoms with E-state index in [1.807, 2.05) is 19.0 Å². The fourth-order valence-electron chi connectivity index (χ4n) is 1.14. The summed E-state index contributed by atoms with van der Waals surface area (Å²) in [6.45, 7) is 4.35. The Labute approximate surface area is 86.0 Å². The summed E-state index contributed by atoms with van der Waals surface area (Å²) in [7, 11) is 5.39. The summed E-state index contributed by atoms with van der Waals surface area (Å²) in [5, 5.41) is 0. The van der Waals surface area contributed by atoms with Gasteiger partial charge in [-0.15, -0.1) is 5.73 Å². The molecule has 80 valence electrons. The second-order valence-corrected chi connectivity index (χ2v) is 3.46. The highest BCUT2D eigenvalue weighted by atomic mass is 16.5. The lowest BCUT2D eigenvalue weighted by atomic mass is 10.0. The van der Waals surface area contributed by atoms with Crippen LogP contribution in [0, 0.1) is 5.92 Å². The molecule has 0 fully saturated rings. The molecule has 0 spiro atoms. The van der Waals surface area contributed by atoms with Crippen molar-refractivity contribution in [2.75, 3.05) is 27.7 Å². The maximum atomic E-state index is 11.3. The number of hydrogen-bond donors (Lipinski definition) is 0. The fraction of sp³-hybridized carbons (Fsp3) is 0.636. The van der Waals surface area contributed by atoms with Crippen molar-refractivity contribution in [3.05, 3.63) is 18.4 Å². The quantitative estimate of drug-likeness (QED) is 0.477. The predicted molar refractivity (Wildman–Crippen MR) is 57.0 cm³/mol. The molecular formula is C11H19NO2. The molecule has 0 saturated carbocycles. The van der Waals surface area contributed by atoms with Crippen LogP contribution in [-0.2, 0) is 9.53 Å². The van der Waals surface area contributed by atoms with E-state index < -0.39 is 0 Å². The van der Waals surface area contributed by atoms with Gasteiger partial charge in [0.25, 0.3) is 0 Å². The van der Waals surface area contributed by atoms with Gasteiger partial charge in [-0.2, -0.15) is 0 Å². The molecule has 0 amide bonds. The van der Waals surface area contributed by atoms with E-state index in [0.29, 0.717) is 6.42 Å². The standard InChI is InChI=1S/C11H19NO2/c1-5-6-7-10(11(13)14-4)8-9-12(2)3/h6,10H,1,7-9H2,2-4H3. The Morgan fingerprint density at radius 2 is 2.29 bits per heavy atom. The Morgan fingerprint density at radius 3 is 2.71 bits per heavy atom. The predicted octanol–water partition coefficient (Wildman–Crippen LogP) is 1.46. The normalized spacial score (nSPS) is 12.0. The van der Waals surface area contributed by atoms with Crippen LogP contribution in [0.4, 0.5) is 0 Å². The summed E-state index contributed by atoms with van der Waals surface area (Å²) in [5.41, 5.74) is 2.67. The van der Waals surface area contributed by atoms with Crippen LogP contribution in [0.15, 0.2) is 18.4 Å². The molecule has 0 aliphatic rings. The summed E-state index contributed by atoms with van der Waals surface area (Å²) < 4.78 is 4.72. The van der Waals surface area contributed by atoms with Gasteiger partial charge < -0.3 is 9.64 Å². The van der Waals surface area contributed by atoms with Crippen molar-refractivity contribution in [2.24, 2.45) is 5.92 Å². The summed E-state index contributed by atoms with van der Waals surface area (Å²) in [6.07, 6.45) is 3.24. The number of allylic oxidation sites excluding steroid dienone is 1. The molecule has 0 bridgehead atoms. The van der Waals surface area contributed by atoms with Crippen LogP contribution in [0.1, 0.15) is 12.8 Å². The third-order valence-corrected chi connectivity index (χ3v) is 2.01. The highest BCUT2D eigenvalue weighted by molar-refractivity contribution is 5.72. The van der Waals surface area contributed by atoms with Crippen LogP contribution in [0.5, 0.6) is 0 Å². The third kappa shape index (κ3) is 5.57. The van der Waals surface area contributed by atoms with E-state index in [2.05, 4.69) is 12.3 Å². The number of methoxy groups -OCH3 is 1. The van der Waals surface area contributed by atoms with Gasteiger partial charge in [0.2, 0.25) is 0 Å². The smallest absolute Gasteiger partial charge is 0.309 e. The first-order chi connectivity index (χ1) is 6.61. The summed E-state index contributed by atoms with van der Waals surface area (Å²) in [4.78, 5) is 13.4. The number of esters is 1. The van der Waals surface area contributed by atoms with Crippen LogP contribution in [-0.4, -0.2) is 38.6 Å². The SMILES string of the molecule is C=C=CCC(CCN(C)C)C(=O)OC. The lowest BCUT2D eigenvalue weighted by Crippen LogP contribution is -2.22. The first-order valence-electron chi connectivity index (χ1n) is 4.68. The molecule has 0 aromatic carbocycles. The average Bonchev–Trinajstić information content (AvgIpc) is 2.16. The Morgan fingerprint density at radius 1 is 1.64 bits per heavy atom. The molecule has 0 rings (SSSR count). The minimum atomic E-state index is -0.154. The lowest BCUT2D eigenvalue weighted by Gasteiger charge is -2.15. The first-order valence-corrected chi connectivity index (χ1v) is 4.68. The fourth-order valence-corrected chi connectivity index (χ4v) is 1.14. The molecule has 0 aromatic heterocycles. The van der Waals surface area contributed by atoms with E-state index in [0.717, 1.165) is 13.0 Å². The minimum absolute atomic E-state index is 0.0725. The van der Waals surface area contributed by atoms with Crippen LogP contribution >= 0.6 is 0 Å². The van der Waals surface area contributed by atoms with E-state index in [4.69, 9.17) is 4.74 Å². The van der Waals surface area contributed by atoms with Crippen molar-refractivity contribution >= 4 is 5.97 Å². The maximum absolute atomic E-state index is 11.3. The average molecular weight is 197 g/mol. The molecule has 0 heterocycles. The molecule has 0 aliphatic heterocycles. The van der Waals surface area contributed by atoms with Gasteiger partial charge in [0.1, 0.15) is 0 Å². The van der Waals surface area contributed by atoms with E-state index in [1.165, 1.54) is 7.11 Å². The summed E-state index contributed by atoms with van der Waals surface area (Å²) >= 11 is 0. The number of ether oxygens (including phenoxy) is 1. The molecule has 0 saturated heterocycles. The van der Waals surface area contributed by atoms with Crippen LogP contribution in [0.25, 0.3) is 0 Å². The van der Waals surface area contributed by atoms with Gasteiger partial charge in [-0.1, -0.05) is 6.58 Å². The number of nitrogens with zero attached hydrogens (tertiary/aromatic N) is 1. The van der Waals surface area contributed by atoms with Gasteiger partial charge in [-0.05, 0) is 39.6 Å². The van der Waals surface area contributed by atoms with Gasteiger partial charge in [0, 0.05) is 0 Å². The summed E-state index contributed by atoms with van der Waals surface area (Å²) in [5.74, 6) is -0.227. The Bertz CT molecular complexity index is 217. The molecule has 0 N–H and O–H groups in total. The number of rotatable bonds is 6. The van der Waals surface area contributed by atoms with Gasteiger partial charge in [0.05, 0.1) is 13.0 Å². The minimum Gasteiger partial charge on any atom is -0.469 e. The molecule has 14 heavy (non-hydrogen) atoms. The number of carbonyl (C=O) groups excluding carboxylic acids is 1. The Balaban J connectivity index is 4.09. The van der Waals surface area contributed by atoms with Gasteiger partial charge in [-0.3, -0.25) is 4.79 Å². The second-order valence-electron chi connectivity index (χ2n) is 3.46. The van der Waals surface area contributed by atoms with Crippen molar-refractivity contribution in [1.29, 1.82) is 0 Å². The molecule has 0 aliphatic carbocycles. The second kappa shape index (κ2) is 7.36. The first kappa shape index (κ1) is 12.9. The van der Waals surface area contributed by atoms with Crippen molar-refractivity contribution in [1.82, 2.24) is 4.90 Å². The van der Waals surface area contributed by atoms with Gasteiger partial charge in [0.15, 0.2) is 0 Å². The van der Waals surface area contributed by atoms with Crippen molar-refractivity contribution in [3.8, 4) is 0 Å². The molecule has 0 aromatic rings. The Kier molecular flexibility index (Phi) is 6.81. The molecule has 1 atom stereocenters. The highest BCUT2D eigenvalue weighted by Crippen LogP contribution is 2.11. The van der Waals surface area contributed by atoms with E-state index >= 15 is 0 Å². The molecular weight excluding hydrogens is 178 g/mol. The molecule has 0 radical (unpaired) electrons. The topological polar surface area (TPSA) is 29.5 Å². The molecule has 3 heteroatoms. The number of hydrogen-bond acceptors (Lipinski definition) is 3. The van der Waals surface area contributed by atoms with E-state index in [9.17, 15) is 4.79 Å². The monoisotopic (exact) mass is 197 g/mol. The van der Waals surface area contributed by atoms with Crippen LogP contribution in [0.3, 0.4) is 0 Å². The van der Waals surface area contributed by atoms with Crippen molar-refractivity contribution in [2.45, 2.75) is 12.8 Å². The molecule has 1 unspecified atom stereocenters. The van der Waals surface area contributed by atoms with E-state index in [1.54, 1.807) is 6.08 Å².